The summed E-state index contributed by atoms with van der Waals surface area (Å²) in [6.45, 7) is 3.56. The fraction of sp³-hybridized carbons (Fsp3) is 1.00. The van der Waals surface area contributed by atoms with Crippen molar-refractivity contribution >= 4 is 0 Å². The predicted octanol–water partition coefficient (Wildman–Crippen LogP) is 0.143. The summed E-state index contributed by atoms with van der Waals surface area (Å²) in [5.74, 6) is 2.89. The van der Waals surface area contributed by atoms with E-state index in [-0.39, 0.29) is 0 Å². The Morgan fingerprint density at radius 1 is 1.50 bits per heavy atom. The highest BCUT2D eigenvalue weighted by Crippen LogP contribution is 2.46. The number of nitrogens with zero attached hydrogens (tertiary/aromatic N) is 1. The molecule has 1 heterocycles. The molecule has 0 aromatic heterocycles. The van der Waals surface area contributed by atoms with Crippen LogP contribution in [0.3, 0.4) is 0 Å². The molecule has 0 spiro atoms. The van der Waals surface area contributed by atoms with Gasteiger partial charge in [-0.05, 0) is 37.8 Å². The SMILES string of the molecule is CN1CC(C2CC2CN)C1. The van der Waals surface area contributed by atoms with Gasteiger partial charge in [0.2, 0.25) is 0 Å². The second kappa shape index (κ2) is 2.21. The molecular weight excluding hydrogens is 124 g/mol. The van der Waals surface area contributed by atoms with Gasteiger partial charge in [-0.25, -0.2) is 0 Å². The molecule has 1 saturated heterocycles. The minimum atomic E-state index is 0.888. The zero-order valence-electron chi connectivity index (χ0n) is 6.59. The monoisotopic (exact) mass is 140 g/mol. The highest BCUT2D eigenvalue weighted by atomic mass is 15.2. The maximum atomic E-state index is 5.56. The van der Waals surface area contributed by atoms with Crippen molar-refractivity contribution in [2.45, 2.75) is 6.42 Å². The zero-order chi connectivity index (χ0) is 7.14. The molecule has 1 saturated carbocycles. The van der Waals surface area contributed by atoms with Crippen LogP contribution in [-0.2, 0) is 0 Å². The van der Waals surface area contributed by atoms with Crippen LogP contribution >= 0.6 is 0 Å². The predicted molar refractivity (Wildman–Crippen MR) is 41.6 cm³/mol. The smallest absolute Gasteiger partial charge is 0.00217 e. The van der Waals surface area contributed by atoms with Crippen molar-refractivity contribution in [2.75, 3.05) is 26.7 Å². The van der Waals surface area contributed by atoms with Gasteiger partial charge in [0, 0.05) is 13.1 Å². The number of hydrogen-bond donors (Lipinski definition) is 1. The largest absolute Gasteiger partial charge is 0.330 e. The summed E-state index contributed by atoms with van der Waals surface area (Å²) in [6, 6.07) is 0. The molecule has 1 aliphatic carbocycles. The Balaban J connectivity index is 1.73. The lowest BCUT2D eigenvalue weighted by molar-refractivity contribution is 0.112. The van der Waals surface area contributed by atoms with Crippen molar-refractivity contribution < 1.29 is 0 Å². The van der Waals surface area contributed by atoms with Crippen molar-refractivity contribution in [3.63, 3.8) is 0 Å². The van der Waals surface area contributed by atoms with Gasteiger partial charge in [0.1, 0.15) is 0 Å². The highest BCUT2D eigenvalue weighted by Gasteiger charge is 2.45. The Labute approximate surface area is 62.4 Å². The summed E-state index contributed by atoms with van der Waals surface area (Å²) in [5, 5.41) is 0. The first-order chi connectivity index (χ1) is 4.81. The van der Waals surface area contributed by atoms with Gasteiger partial charge in [-0.1, -0.05) is 0 Å². The van der Waals surface area contributed by atoms with E-state index < -0.39 is 0 Å². The number of nitrogens with two attached hydrogens (primary N) is 1. The van der Waals surface area contributed by atoms with Gasteiger partial charge in [0.05, 0.1) is 0 Å². The fourth-order valence-electron chi connectivity index (χ4n) is 2.14. The van der Waals surface area contributed by atoms with Crippen LogP contribution in [0.1, 0.15) is 6.42 Å². The Morgan fingerprint density at radius 2 is 2.20 bits per heavy atom. The van der Waals surface area contributed by atoms with E-state index in [0.29, 0.717) is 0 Å². The van der Waals surface area contributed by atoms with E-state index in [1.54, 1.807) is 0 Å². The molecule has 0 bridgehead atoms. The van der Waals surface area contributed by atoms with E-state index in [1.807, 2.05) is 0 Å². The normalized spacial score (nSPS) is 41.4. The number of rotatable bonds is 2. The van der Waals surface area contributed by atoms with E-state index in [0.717, 1.165) is 24.3 Å². The summed E-state index contributed by atoms with van der Waals surface area (Å²) in [6.07, 6.45) is 1.41. The van der Waals surface area contributed by atoms with Gasteiger partial charge in [-0.15, -0.1) is 0 Å². The van der Waals surface area contributed by atoms with Crippen molar-refractivity contribution in [2.24, 2.45) is 23.5 Å². The highest BCUT2D eigenvalue weighted by molar-refractivity contribution is 4.97. The Bertz CT molecular complexity index is 129. The molecule has 1 aliphatic heterocycles. The Kier molecular flexibility index (Phi) is 1.46. The van der Waals surface area contributed by atoms with Gasteiger partial charge in [-0.3, -0.25) is 0 Å². The van der Waals surface area contributed by atoms with Gasteiger partial charge in [-0.2, -0.15) is 0 Å². The van der Waals surface area contributed by atoms with Crippen LogP contribution in [0.4, 0.5) is 0 Å². The van der Waals surface area contributed by atoms with Gasteiger partial charge in [0.15, 0.2) is 0 Å². The first-order valence-electron chi connectivity index (χ1n) is 4.20. The van der Waals surface area contributed by atoms with Crippen LogP contribution in [0.25, 0.3) is 0 Å². The first kappa shape index (κ1) is 6.62. The molecule has 0 amide bonds. The summed E-state index contributed by atoms with van der Waals surface area (Å²) in [7, 11) is 2.19. The summed E-state index contributed by atoms with van der Waals surface area (Å²) >= 11 is 0. The van der Waals surface area contributed by atoms with Crippen LogP contribution in [-0.4, -0.2) is 31.6 Å². The van der Waals surface area contributed by atoms with Crippen LogP contribution in [0.15, 0.2) is 0 Å². The summed E-state index contributed by atoms with van der Waals surface area (Å²) in [5.41, 5.74) is 5.56. The molecule has 2 rings (SSSR count). The van der Waals surface area contributed by atoms with Gasteiger partial charge >= 0.3 is 0 Å². The molecule has 0 aromatic rings. The molecule has 2 nitrogen and oxygen atoms in total. The molecule has 2 heteroatoms. The molecule has 2 unspecified atom stereocenters. The van der Waals surface area contributed by atoms with Gasteiger partial charge in [0.25, 0.3) is 0 Å². The lowest BCUT2D eigenvalue weighted by Gasteiger charge is -2.36. The molecule has 10 heavy (non-hydrogen) atoms. The Hall–Kier alpha value is -0.0800. The average molecular weight is 140 g/mol. The third-order valence-corrected chi connectivity index (χ3v) is 2.98. The van der Waals surface area contributed by atoms with Crippen molar-refractivity contribution in [1.29, 1.82) is 0 Å². The first-order valence-corrected chi connectivity index (χ1v) is 4.20. The standard InChI is InChI=1S/C8H16N2/c1-10-4-7(5-10)8-2-6(8)3-9/h6-8H,2-5,9H2,1H3. The second-order valence-electron chi connectivity index (χ2n) is 3.88. The van der Waals surface area contributed by atoms with E-state index in [9.17, 15) is 0 Å². The molecule has 2 fully saturated rings. The molecule has 0 aromatic carbocycles. The number of hydrogen-bond acceptors (Lipinski definition) is 2. The summed E-state index contributed by atoms with van der Waals surface area (Å²) < 4.78 is 0. The molecule has 2 atom stereocenters. The molecule has 2 aliphatic rings. The third-order valence-electron chi connectivity index (χ3n) is 2.98. The molecule has 0 radical (unpaired) electrons. The van der Waals surface area contributed by atoms with E-state index >= 15 is 0 Å². The Morgan fingerprint density at radius 3 is 2.60 bits per heavy atom. The van der Waals surface area contributed by atoms with E-state index in [2.05, 4.69) is 11.9 Å². The van der Waals surface area contributed by atoms with Crippen molar-refractivity contribution in [3.05, 3.63) is 0 Å². The quantitative estimate of drug-likeness (QED) is 0.591. The average Bonchev–Trinajstić information content (AvgIpc) is 2.59. The van der Waals surface area contributed by atoms with Crippen LogP contribution in [0.2, 0.25) is 0 Å². The zero-order valence-corrected chi connectivity index (χ0v) is 6.59. The fourth-order valence-corrected chi connectivity index (χ4v) is 2.14. The third kappa shape index (κ3) is 0.956. The van der Waals surface area contributed by atoms with Crippen LogP contribution in [0.5, 0.6) is 0 Å². The topological polar surface area (TPSA) is 29.3 Å². The van der Waals surface area contributed by atoms with Crippen molar-refractivity contribution in [1.82, 2.24) is 4.90 Å². The second-order valence-corrected chi connectivity index (χ2v) is 3.88. The van der Waals surface area contributed by atoms with Crippen molar-refractivity contribution in [3.8, 4) is 0 Å². The maximum absolute atomic E-state index is 5.56. The van der Waals surface area contributed by atoms with Gasteiger partial charge < -0.3 is 10.6 Å². The molecular formula is C8H16N2. The lowest BCUT2D eigenvalue weighted by atomic mass is 9.94. The van der Waals surface area contributed by atoms with Crippen LogP contribution < -0.4 is 5.73 Å². The molecule has 2 N–H and O–H groups in total. The van der Waals surface area contributed by atoms with E-state index in [1.165, 1.54) is 19.5 Å². The lowest BCUT2D eigenvalue weighted by Crippen LogP contribution is -2.45. The van der Waals surface area contributed by atoms with E-state index in [4.69, 9.17) is 5.73 Å². The minimum absolute atomic E-state index is 0.888. The summed E-state index contributed by atoms with van der Waals surface area (Å²) in [4.78, 5) is 2.39. The molecule has 58 valence electrons. The maximum Gasteiger partial charge on any atom is 0.00217 e. The minimum Gasteiger partial charge on any atom is -0.330 e. The van der Waals surface area contributed by atoms with Crippen LogP contribution in [0, 0.1) is 17.8 Å². The number of likely N-dealkylation sites (tertiary alicyclic amines) is 1.